The molecular weight excluding hydrogens is 341 g/mol. The molecule has 0 amide bonds. The number of thioether (sulfide) groups is 1. The Morgan fingerprint density at radius 2 is 1.88 bits per heavy atom. The van der Waals surface area contributed by atoms with Crippen LogP contribution in [0.25, 0.3) is 0 Å². The highest BCUT2D eigenvalue weighted by Crippen LogP contribution is 2.41. The maximum absolute atomic E-state index is 12.0. The number of anilines is 1. The molecule has 2 aliphatic rings. The van der Waals surface area contributed by atoms with Gasteiger partial charge >= 0.3 is 6.18 Å². The van der Waals surface area contributed by atoms with Gasteiger partial charge < -0.3 is 9.64 Å². The van der Waals surface area contributed by atoms with Crippen LogP contribution in [0.3, 0.4) is 0 Å². The molecule has 1 saturated heterocycles. The Hall–Kier alpha value is -0.960. The first kappa shape index (κ1) is 17.8. The highest BCUT2D eigenvalue weighted by Gasteiger charge is 2.32. The molecule has 5 nitrogen and oxygen atoms in total. The van der Waals surface area contributed by atoms with Gasteiger partial charge in [0, 0.05) is 31.5 Å². The van der Waals surface area contributed by atoms with Crippen molar-refractivity contribution in [1.29, 1.82) is 0 Å². The van der Waals surface area contributed by atoms with Gasteiger partial charge in [0.1, 0.15) is 6.61 Å². The highest BCUT2D eigenvalue weighted by atomic mass is 32.2. The quantitative estimate of drug-likeness (QED) is 0.520. The second kappa shape index (κ2) is 7.95. The van der Waals surface area contributed by atoms with E-state index in [4.69, 9.17) is 0 Å². The van der Waals surface area contributed by atoms with E-state index < -0.39 is 12.8 Å². The smallest absolute Gasteiger partial charge is 0.372 e. The summed E-state index contributed by atoms with van der Waals surface area (Å²) in [6.45, 7) is 1.000. The number of aromatic nitrogens is 3. The molecule has 1 aromatic heterocycles. The summed E-state index contributed by atoms with van der Waals surface area (Å²) in [6.07, 6.45) is 2.28. The minimum Gasteiger partial charge on any atom is -0.372 e. The largest absolute Gasteiger partial charge is 0.411 e. The third-order valence-electron chi connectivity index (χ3n) is 4.13. The molecule has 3 rings (SSSR count). The van der Waals surface area contributed by atoms with Crippen LogP contribution in [0, 0.1) is 0 Å². The van der Waals surface area contributed by atoms with E-state index in [1.807, 2.05) is 0 Å². The standard InChI is InChI=1S/C15H23F3N4OS/c16-15(17,18)11-23-9-4-10-24-14-20-19-13(22(14)12-5-6-12)21-7-2-1-3-8-21/h12H,1-11H2. The average Bonchev–Trinajstić information content (AvgIpc) is 3.30. The van der Waals surface area contributed by atoms with Gasteiger partial charge in [0.05, 0.1) is 0 Å². The zero-order valence-corrected chi connectivity index (χ0v) is 14.4. The minimum atomic E-state index is -4.25. The summed E-state index contributed by atoms with van der Waals surface area (Å²) >= 11 is 1.56. The van der Waals surface area contributed by atoms with Crippen LogP contribution in [0.5, 0.6) is 0 Å². The third kappa shape index (κ3) is 5.02. The van der Waals surface area contributed by atoms with E-state index in [9.17, 15) is 13.2 Å². The zero-order chi connectivity index (χ0) is 17.0. The molecule has 0 spiro atoms. The molecule has 0 unspecified atom stereocenters. The van der Waals surface area contributed by atoms with Gasteiger partial charge in [-0.2, -0.15) is 13.2 Å². The van der Waals surface area contributed by atoms with Crippen LogP contribution < -0.4 is 4.90 Å². The summed E-state index contributed by atoms with van der Waals surface area (Å²) in [4.78, 5) is 2.31. The van der Waals surface area contributed by atoms with Crippen molar-refractivity contribution >= 4 is 17.7 Å². The van der Waals surface area contributed by atoms with Gasteiger partial charge in [-0.15, -0.1) is 10.2 Å². The minimum absolute atomic E-state index is 0.114. The van der Waals surface area contributed by atoms with Crippen molar-refractivity contribution in [3.8, 4) is 0 Å². The Labute approximate surface area is 143 Å². The summed E-state index contributed by atoms with van der Waals surface area (Å²) in [7, 11) is 0. The van der Waals surface area contributed by atoms with Crippen LogP contribution in [0.15, 0.2) is 5.16 Å². The first-order valence-electron chi connectivity index (χ1n) is 8.52. The molecule has 0 bridgehead atoms. The normalized spacial score (nSPS) is 19.0. The van der Waals surface area contributed by atoms with Crippen molar-refractivity contribution in [1.82, 2.24) is 14.8 Å². The first-order valence-corrected chi connectivity index (χ1v) is 9.50. The first-order chi connectivity index (χ1) is 11.5. The van der Waals surface area contributed by atoms with E-state index in [1.165, 1.54) is 19.3 Å². The van der Waals surface area contributed by atoms with Crippen LogP contribution in [-0.2, 0) is 4.74 Å². The lowest BCUT2D eigenvalue weighted by atomic mass is 10.1. The molecule has 1 saturated carbocycles. The van der Waals surface area contributed by atoms with E-state index in [0.29, 0.717) is 18.2 Å². The Kier molecular flexibility index (Phi) is 5.91. The zero-order valence-electron chi connectivity index (χ0n) is 13.6. The average molecular weight is 364 g/mol. The third-order valence-corrected chi connectivity index (χ3v) is 5.16. The van der Waals surface area contributed by atoms with Gasteiger partial charge in [-0.1, -0.05) is 11.8 Å². The van der Waals surface area contributed by atoms with Gasteiger partial charge in [0.25, 0.3) is 0 Å². The molecule has 1 aromatic rings. The number of halogens is 3. The van der Waals surface area contributed by atoms with Gasteiger partial charge in [-0.3, -0.25) is 4.57 Å². The predicted octanol–water partition coefficient (Wildman–Crippen LogP) is 3.66. The molecule has 0 radical (unpaired) electrons. The van der Waals surface area contributed by atoms with Gasteiger partial charge in [-0.05, 0) is 38.5 Å². The number of alkyl halides is 3. The van der Waals surface area contributed by atoms with Crippen LogP contribution in [0.2, 0.25) is 0 Å². The number of nitrogens with zero attached hydrogens (tertiary/aromatic N) is 4. The molecular formula is C15H23F3N4OS. The number of ether oxygens (including phenoxy) is 1. The van der Waals surface area contributed by atoms with E-state index in [-0.39, 0.29) is 6.61 Å². The maximum atomic E-state index is 12.0. The van der Waals surface area contributed by atoms with Crippen LogP contribution in [0.1, 0.15) is 44.6 Å². The fourth-order valence-corrected chi connectivity index (χ4v) is 3.76. The second-order valence-corrected chi connectivity index (χ2v) is 7.36. The van der Waals surface area contributed by atoms with Crippen molar-refractivity contribution in [2.75, 3.05) is 37.0 Å². The number of hydrogen-bond donors (Lipinski definition) is 0. The van der Waals surface area contributed by atoms with Crippen molar-refractivity contribution in [2.24, 2.45) is 0 Å². The molecule has 0 atom stereocenters. The lowest BCUT2D eigenvalue weighted by Crippen LogP contribution is -2.31. The van der Waals surface area contributed by atoms with Gasteiger partial charge in [-0.25, -0.2) is 0 Å². The van der Waals surface area contributed by atoms with E-state index in [0.717, 1.165) is 37.0 Å². The Morgan fingerprint density at radius 3 is 2.54 bits per heavy atom. The van der Waals surface area contributed by atoms with Crippen molar-refractivity contribution in [3.05, 3.63) is 0 Å². The molecule has 136 valence electrons. The lowest BCUT2D eigenvalue weighted by molar-refractivity contribution is -0.173. The van der Waals surface area contributed by atoms with Crippen LogP contribution in [-0.4, -0.2) is 53.0 Å². The van der Waals surface area contributed by atoms with Gasteiger partial charge in [0.15, 0.2) is 5.16 Å². The number of piperidine rings is 1. The molecule has 2 fully saturated rings. The molecule has 1 aliphatic heterocycles. The van der Waals surface area contributed by atoms with Crippen molar-refractivity contribution in [2.45, 2.75) is 55.9 Å². The summed E-state index contributed by atoms with van der Waals surface area (Å²) in [5.41, 5.74) is 0. The number of hydrogen-bond acceptors (Lipinski definition) is 5. The van der Waals surface area contributed by atoms with E-state index >= 15 is 0 Å². The Morgan fingerprint density at radius 1 is 1.12 bits per heavy atom. The summed E-state index contributed by atoms with van der Waals surface area (Å²) in [5.74, 6) is 1.65. The Bertz CT molecular complexity index is 527. The Balaban J connectivity index is 1.49. The highest BCUT2D eigenvalue weighted by molar-refractivity contribution is 7.99. The molecule has 0 aromatic carbocycles. The van der Waals surface area contributed by atoms with Crippen LogP contribution in [0.4, 0.5) is 19.1 Å². The number of rotatable bonds is 8. The molecule has 2 heterocycles. The lowest BCUT2D eigenvalue weighted by Gasteiger charge is -2.27. The SMILES string of the molecule is FC(F)(F)COCCCSc1nnc(N2CCCCC2)n1C1CC1. The molecule has 9 heteroatoms. The second-order valence-electron chi connectivity index (χ2n) is 6.30. The fraction of sp³-hybridized carbons (Fsp3) is 0.867. The topological polar surface area (TPSA) is 43.2 Å². The summed E-state index contributed by atoms with van der Waals surface area (Å²) in [6, 6.07) is 0.487. The molecule has 1 aliphatic carbocycles. The fourth-order valence-electron chi connectivity index (χ4n) is 2.84. The monoisotopic (exact) mass is 364 g/mol. The van der Waals surface area contributed by atoms with Gasteiger partial charge in [0.2, 0.25) is 5.95 Å². The summed E-state index contributed by atoms with van der Waals surface area (Å²) < 4.78 is 42.9. The van der Waals surface area contributed by atoms with Crippen molar-refractivity contribution < 1.29 is 17.9 Å². The molecule has 0 N–H and O–H groups in total. The maximum Gasteiger partial charge on any atom is 0.411 e. The molecule has 24 heavy (non-hydrogen) atoms. The van der Waals surface area contributed by atoms with Crippen molar-refractivity contribution in [3.63, 3.8) is 0 Å². The van der Waals surface area contributed by atoms with E-state index in [1.54, 1.807) is 11.8 Å². The predicted molar refractivity (Wildman–Crippen MR) is 86.6 cm³/mol. The summed E-state index contributed by atoms with van der Waals surface area (Å²) in [5, 5.41) is 9.59. The van der Waals surface area contributed by atoms with Crippen LogP contribution >= 0.6 is 11.8 Å². The van der Waals surface area contributed by atoms with E-state index in [2.05, 4.69) is 24.4 Å².